The van der Waals surface area contributed by atoms with E-state index in [-0.39, 0.29) is 0 Å². The van der Waals surface area contributed by atoms with Crippen LogP contribution < -0.4 is 14.2 Å². The molecule has 0 bridgehead atoms. The Labute approximate surface area is 176 Å². The lowest BCUT2D eigenvalue weighted by Gasteiger charge is -2.12. The van der Waals surface area contributed by atoms with Gasteiger partial charge in [-0.1, -0.05) is 30.3 Å². The highest BCUT2D eigenvalue weighted by atomic mass is 16.5. The number of aromatic nitrogens is 2. The van der Waals surface area contributed by atoms with Crippen LogP contribution >= 0.6 is 0 Å². The second-order valence-electron chi connectivity index (χ2n) is 7.20. The quantitative estimate of drug-likeness (QED) is 0.415. The van der Waals surface area contributed by atoms with Crippen LogP contribution in [0.5, 0.6) is 17.2 Å². The van der Waals surface area contributed by atoms with Crippen LogP contribution in [0, 0.1) is 6.92 Å². The third kappa shape index (κ3) is 4.25. The van der Waals surface area contributed by atoms with Gasteiger partial charge in [-0.25, -0.2) is 4.98 Å². The number of nitrogens with zero attached hydrogens (tertiary/aromatic N) is 2. The second-order valence-corrected chi connectivity index (χ2v) is 7.20. The van der Waals surface area contributed by atoms with Crippen LogP contribution in [0.15, 0.2) is 66.7 Å². The van der Waals surface area contributed by atoms with E-state index in [1.807, 2.05) is 48.5 Å². The van der Waals surface area contributed by atoms with E-state index in [0.29, 0.717) is 13.0 Å². The maximum atomic E-state index is 6.00. The summed E-state index contributed by atoms with van der Waals surface area (Å²) in [5, 5.41) is 0. The van der Waals surface area contributed by atoms with Crippen LogP contribution in [-0.4, -0.2) is 30.4 Å². The molecule has 0 atom stereocenters. The molecule has 0 N–H and O–H groups in total. The van der Waals surface area contributed by atoms with Crippen molar-refractivity contribution in [2.24, 2.45) is 0 Å². The number of ether oxygens (including phenoxy) is 3. The topological polar surface area (TPSA) is 45.5 Å². The molecule has 1 aromatic heterocycles. The lowest BCUT2D eigenvalue weighted by molar-refractivity contribution is 0.298. The van der Waals surface area contributed by atoms with Gasteiger partial charge in [-0.05, 0) is 54.4 Å². The highest BCUT2D eigenvalue weighted by Crippen LogP contribution is 2.29. The minimum atomic E-state index is 0.572. The van der Waals surface area contributed by atoms with Crippen molar-refractivity contribution < 1.29 is 14.2 Å². The van der Waals surface area contributed by atoms with Gasteiger partial charge in [-0.3, -0.25) is 0 Å². The molecule has 0 fully saturated rings. The summed E-state index contributed by atoms with van der Waals surface area (Å²) in [6, 6.07) is 22.3. The third-order valence-corrected chi connectivity index (χ3v) is 5.12. The molecule has 5 nitrogen and oxygen atoms in total. The van der Waals surface area contributed by atoms with Gasteiger partial charge in [0.05, 0.1) is 31.8 Å². The summed E-state index contributed by atoms with van der Waals surface area (Å²) >= 11 is 0. The molecule has 0 amide bonds. The van der Waals surface area contributed by atoms with Crippen LogP contribution in [0.4, 0.5) is 0 Å². The predicted octanol–water partition coefficient (Wildman–Crippen LogP) is 5.03. The Morgan fingerprint density at radius 1 is 0.867 bits per heavy atom. The molecule has 5 heteroatoms. The molecule has 30 heavy (non-hydrogen) atoms. The highest BCUT2D eigenvalue weighted by molar-refractivity contribution is 5.76. The minimum Gasteiger partial charge on any atom is -0.493 e. The molecule has 0 radical (unpaired) electrons. The zero-order valence-corrected chi connectivity index (χ0v) is 17.6. The SMILES string of the molecule is COc1ccc(Cc2nc3ccccc3n2CCOc2cccc(C)c2)cc1OC. The van der Waals surface area contributed by atoms with Crippen molar-refractivity contribution in [1.82, 2.24) is 9.55 Å². The first-order valence-electron chi connectivity index (χ1n) is 10.0. The van der Waals surface area contributed by atoms with Gasteiger partial charge >= 0.3 is 0 Å². The number of rotatable bonds is 8. The molecular formula is C25H26N2O3. The molecule has 3 aromatic carbocycles. The van der Waals surface area contributed by atoms with E-state index in [9.17, 15) is 0 Å². The summed E-state index contributed by atoms with van der Waals surface area (Å²) in [7, 11) is 3.30. The van der Waals surface area contributed by atoms with Gasteiger partial charge in [0.1, 0.15) is 18.2 Å². The van der Waals surface area contributed by atoms with E-state index in [0.717, 1.165) is 46.2 Å². The maximum Gasteiger partial charge on any atom is 0.161 e. The smallest absolute Gasteiger partial charge is 0.161 e. The molecule has 0 aliphatic heterocycles. The van der Waals surface area contributed by atoms with Crippen molar-refractivity contribution in [3.05, 3.63) is 83.7 Å². The van der Waals surface area contributed by atoms with Crippen molar-refractivity contribution in [2.75, 3.05) is 20.8 Å². The number of fused-ring (bicyclic) bond motifs is 1. The number of methoxy groups -OCH3 is 2. The van der Waals surface area contributed by atoms with Gasteiger partial charge in [0, 0.05) is 6.42 Å². The number of para-hydroxylation sites is 2. The fraction of sp³-hybridized carbons (Fsp3) is 0.240. The minimum absolute atomic E-state index is 0.572. The van der Waals surface area contributed by atoms with E-state index in [1.165, 1.54) is 5.56 Å². The van der Waals surface area contributed by atoms with E-state index >= 15 is 0 Å². The Balaban J connectivity index is 1.58. The molecule has 0 spiro atoms. The van der Waals surface area contributed by atoms with E-state index in [4.69, 9.17) is 19.2 Å². The number of hydrogen-bond acceptors (Lipinski definition) is 4. The summed E-state index contributed by atoms with van der Waals surface area (Å²) < 4.78 is 19.0. The fourth-order valence-electron chi connectivity index (χ4n) is 3.64. The largest absolute Gasteiger partial charge is 0.493 e. The van der Waals surface area contributed by atoms with Crippen LogP contribution in [0.1, 0.15) is 17.0 Å². The summed E-state index contributed by atoms with van der Waals surface area (Å²) in [6.07, 6.45) is 0.694. The number of hydrogen-bond donors (Lipinski definition) is 0. The number of imidazole rings is 1. The van der Waals surface area contributed by atoms with E-state index in [1.54, 1.807) is 14.2 Å². The first kappa shape index (κ1) is 19.8. The second kappa shape index (κ2) is 8.91. The summed E-state index contributed by atoms with van der Waals surface area (Å²) in [5.74, 6) is 3.33. The number of benzene rings is 3. The van der Waals surface area contributed by atoms with Gasteiger partial charge in [-0.15, -0.1) is 0 Å². The Morgan fingerprint density at radius 2 is 1.70 bits per heavy atom. The molecule has 4 aromatic rings. The fourth-order valence-corrected chi connectivity index (χ4v) is 3.64. The van der Waals surface area contributed by atoms with Crippen LogP contribution in [0.25, 0.3) is 11.0 Å². The zero-order chi connectivity index (χ0) is 20.9. The van der Waals surface area contributed by atoms with Crippen molar-refractivity contribution in [2.45, 2.75) is 19.9 Å². The van der Waals surface area contributed by atoms with Crippen molar-refractivity contribution in [3.8, 4) is 17.2 Å². The molecule has 4 rings (SSSR count). The molecule has 0 unspecified atom stereocenters. The van der Waals surface area contributed by atoms with Crippen LogP contribution in [-0.2, 0) is 13.0 Å². The standard InChI is InChI=1S/C25H26N2O3/c1-18-7-6-8-20(15-18)30-14-13-27-22-10-5-4-9-21(22)26-25(27)17-19-11-12-23(28-2)24(16-19)29-3/h4-12,15-16H,13-14,17H2,1-3H3. The summed E-state index contributed by atoms with van der Waals surface area (Å²) in [4.78, 5) is 4.88. The lowest BCUT2D eigenvalue weighted by Crippen LogP contribution is -2.11. The van der Waals surface area contributed by atoms with Crippen LogP contribution in [0.3, 0.4) is 0 Å². The Hall–Kier alpha value is -3.47. The Kier molecular flexibility index (Phi) is 5.89. The van der Waals surface area contributed by atoms with Gasteiger partial charge in [-0.2, -0.15) is 0 Å². The van der Waals surface area contributed by atoms with Gasteiger partial charge < -0.3 is 18.8 Å². The van der Waals surface area contributed by atoms with Crippen molar-refractivity contribution in [3.63, 3.8) is 0 Å². The average molecular weight is 402 g/mol. The molecule has 154 valence electrons. The maximum absolute atomic E-state index is 6.00. The summed E-state index contributed by atoms with van der Waals surface area (Å²) in [6.45, 7) is 3.36. The zero-order valence-electron chi connectivity index (χ0n) is 17.6. The predicted molar refractivity (Wildman–Crippen MR) is 119 cm³/mol. The molecule has 1 heterocycles. The third-order valence-electron chi connectivity index (χ3n) is 5.12. The van der Waals surface area contributed by atoms with Crippen LogP contribution in [0.2, 0.25) is 0 Å². The number of aryl methyl sites for hydroxylation is 1. The summed E-state index contributed by atoms with van der Waals surface area (Å²) in [5.41, 5.74) is 4.41. The van der Waals surface area contributed by atoms with Crippen molar-refractivity contribution >= 4 is 11.0 Å². The van der Waals surface area contributed by atoms with Gasteiger partial charge in [0.25, 0.3) is 0 Å². The first-order valence-corrected chi connectivity index (χ1v) is 10.0. The van der Waals surface area contributed by atoms with E-state index in [2.05, 4.69) is 29.7 Å². The lowest BCUT2D eigenvalue weighted by atomic mass is 10.1. The average Bonchev–Trinajstić information content (AvgIpc) is 3.11. The molecule has 0 saturated carbocycles. The molecule has 0 aliphatic carbocycles. The van der Waals surface area contributed by atoms with Gasteiger partial charge in [0.2, 0.25) is 0 Å². The Morgan fingerprint density at radius 3 is 2.50 bits per heavy atom. The Bertz CT molecular complexity index is 1150. The van der Waals surface area contributed by atoms with Crippen molar-refractivity contribution in [1.29, 1.82) is 0 Å². The molecule has 0 saturated heterocycles. The molecule has 0 aliphatic rings. The normalized spacial score (nSPS) is 10.9. The molecular weight excluding hydrogens is 376 g/mol. The van der Waals surface area contributed by atoms with Gasteiger partial charge in [0.15, 0.2) is 11.5 Å². The first-order chi connectivity index (χ1) is 14.7. The van der Waals surface area contributed by atoms with E-state index < -0.39 is 0 Å². The monoisotopic (exact) mass is 402 g/mol. The highest BCUT2D eigenvalue weighted by Gasteiger charge is 2.13.